The van der Waals surface area contributed by atoms with Crippen molar-refractivity contribution in [3.8, 4) is 28.3 Å². The van der Waals surface area contributed by atoms with E-state index in [9.17, 15) is 15.2 Å². The molecule has 1 amide bonds. The number of aliphatic hydroxyl groups excluding tert-OH is 1. The minimum Gasteiger partial charge on any atom is -0.381 e. The molecule has 6 rings (SSSR count). The molecule has 1 atom stereocenters. The molecule has 5 aromatic rings. The molecule has 5 heterocycles. The van der Waals surface area contributed by atoms with Crippen molar-refractivity contribution >= 4 is 23.1 Å². The number of hydrogen-bond donors (Lipinski definition) is 2. The highest BCUT2D eigenvalue weighted by Gasteiger charge is 2.29. The molecule has 3 N–H and O–H groups in total. The van der Waals surface area contributed by atoms with Crippen LogP contribution in [0.4, 0.5) is 11.6 Å². The summed E-state index contributed by atoms with van der Waals surface area (Å²) in [4.78, 5) is 20.9. The number of nitrogen functional groups attached to an aromatic ring is 1. The molecule has 1 aromatic carbocycles. The Morgan fingerprint density at radius 1 is 1.10 bits per heavy atom. The van der Waals surface area contributed by atoms with Crippen LogP contribution in [0.15, 0.2) is 73.3 Å². The first kappa shape index (κ1) is 25.1. The average Bonchev–Trinajstić information content (AvgIpc) is 3.55. The van der Waals surface area contributed by atoms with Gasteiger partial charge in [0.25, 0.3) is 0 Å². The van der Waals surface area contributed by atoms with Crippen molar-refractivity contribution < 1.29 is 9.90 Å². The van der Waals surface area contributed by atoms with Gasteiger partial charge in [-0.25, -0.2) is 9.50 Å². The van der Waals surface area contributed by atoms with Crippen LogP contribution in [0.3, 0.4) is 0 Å². The van der Waals surface area contributed by atoms with Gasteiger partial charge in [0, 0.05) is 61.0 Å². The first-order chi connectivity index (χ1) is 19.4. The van der Waals surface area contributed by atoms with E-state index in [1.165, 1.54) is 0 Å². The number of nitriles is 1. The van der Waals surface area contributed by atoms with Crippen LogP contribution < -0.4 is 10.6 Å². The predicted octanol–water partition coefficient (Wildman–Crippen LogP) is 2.46. The van der Waals surface area contributed by atoms with E-state index in [0.29, 0.717) is 36.4 Å². The summed E-state index contributed by atoms with van der Waals surface area (Å²) in [5.74, 6) is 0.734. The van der Waals surface area contributed by atoms with Gasteiger partial charge < -0.3 is 20.6 Å². The highest BCUT2D eigenvalue weighted by atomic mass is 16.3. The Morgan fingerprint density at radius 2 is 1.93 bits per heavy atom. The number of amides is 1. The smallest absolute Gasteiger partial charge is 0.227 e. The fraction of sp³-hybridized carbons (Fsp3) is 0.207. The molecular formula is C29H27N9O2. The topological polar surface area (TPSA) is 142 Å². The lowest BCUT2D eigenvalue weighted by Crippen LogP contribution is -2.55. The van der Waals surface area contributed by atoms with Crippen LogP contribution in [0, 0.1) is 11.3 Å². The van der Waals surface area contributed by atoms with E-state index in [1.807, 2.05) is 68.0 Å². The summed E-state index contributed by atoms with van der Waals surface area (Å²) in [5.41, 5.74) is 11.2. The molecule has 0 bridgehead atoms. The number of hydrogen-bond acceptors (Lipinski definition) is 8. The van der Waals surface area contributed by atoms with Crippen molar-refractivity contribution in [1.82, 2.24) is 29.3 Å². The third-order valence-electron chi connectivity index (χ3n) is 7.16. The molecule has 11 nitrogen and oxygen atoms in total. The molecule has 0 unspecified atom stereocenters. The number of aryl methyl sites for hydroxylation is 1. The molecule has 200 valence electrons. The summed E-state index contributed by atoms with van der Waals surface area (Å²) in [5, 5.41) is 29.3. The lowest BCUT2D eigenvalue weighted by Gasteiger charge is -2.39. The molecular weight excluding hydrogens is 506 g/mol. The van der Waals surface area contributed by atoms with Crippen LogP contribution in [0.5, 0.6) is 0 Å². The Morgan fingerprint density at radius 3 is 2.60 bits per heavy atom. The zero-order chi connectivity index (χ0) is 27.8. The Balaban J connectivity index is 1.26. The van der Waals surface area contributed by atoms with Gasteiger partial charge >= 0.3 is 0 Å². The van der Waals surface area contributed by atoms with Crippen LogP contribution in [0.2, 0.25) is 0 Å². The molecule has 0 aliphatic carbocycles. The van der Waals surface area contributed by atoms with Crippen LogP contribution in [-0.4, -0.2) is 66.2 Å². The van der Waals surface area contributed by atoms with Crippen LogP contribution in [-0.2, 0) is 18.3 Å². The molecule has 0 radical (unpaired) electrons. The van der Waals surface area contributed by atoms with Gasteiger partial charge in [-0.05, 0) is 23.8 Å². The second kappa shape index (κ2) is 10.2. The normalized spacial score (nSPS) is 15.4. The van der Waals surface area contributed by atoms with E-state index in [1.54, 1.807) is 31.4 Å². The maximum absolute atomic E-state index is 12.8. The van der Waals surface area contributed by atoms with E-state index in [4.69, 9.17) is 5.73 Å². The van der Waals surface area contributed by atoms with Gasteiger partial charge in [-0.2, -0.15) is 10.4 Å². The molecule has 0 spiro atoms. The lowest BCUT2D eigenvalue weighted by molar-refractivity contribution is -0.132. The standard InChI is InChI=1S/C29H27N9O2/c1-35-16-22(15-33-35)21-12-23(28-24(13-30)29(31)34-38(28)17-21)20-7-8-25(32-14-20)37-10-9-36(18-27(37)40)26(39)11-19-5-3-2-4-6-19/h2-8,12,14-17,27,40H,9-11,18H2,1H3,(H2,31,34)/t27-/m0/s1. The molecule has 1 aliphatic rings. The monoisotopic (exact) mass is 533 g/mol. The van der Waals surface area contributed by atoms with Crippen LogP contribution in [0.1, 0.15) is 11.1 Å². The van der Waals surface area contributed by atoms with Crippen molar-refractivity contribution in [2.45, 2.75) is 12.6 Å². The Bertz CT molecular complexity index is 1740. The predicted molar refractivity (Wildman–Crippen MR) is 150 cm³/mol. The van der Waals surface area contributed by atoms with E-state index in [-0.39, 0.29) is 18.3 Å². The summed E-state index contributed by atoms with van der Waals surface area (Å²) in [6.45, 7) is 1.14. The van der Waals surface area contributed by atoms with Gasteiger partial charge in [-0.3, -0.25) is 9.48 Å². The van der Waals surface area contributed by atoms with Gasteiger partial charge in [-0.15, -0.1) is 5.10 Å². The molecule has 11 heteroatoms. The quantitative estimate of drug-likeness (QED) is 0.351. The average molecular weight is 534 g/mol. The molecule has 1 fully saturated rings. The second-order valence-electron chi connectivity index (χ2n) is 9.79. The zero-order valence-corrected chi connectivity index (χ0v) is 21.8. The van der Waals surface area contributed by atoms with Gasteiger partial charge in [0.15, 0.2) is 5.82 Å². The number of carbonyl (C=O) groups is 1. The van der Waals surface area contributed by atoms with Crippen molar-refractivity contribution in [1.29, 1.82) is 5.26 Å². The van der Waals surface area contributed by atoms with Gasteiger partial charge in [0.1, 0.15) is 23.7 Å². The second-order valence-corrected chi connectivity index (χ2v) is 9.79. The summed E-state index contributed by atoms with van der Waals surface area (Å²) in [7, 11) is 1.85. The minimum atomic E-state index is -0.882. The number of fused-ring (bicyclic) bond motifs is 1. The van der Waals surface area contributed by atoms with Gasteiger partial charge in [0.05, 0.1) is 24.7 Å². The number of piperazine rings is 1. The number of aromatic nitrogens is 5. The van der Waals surface area contributed by atoms with Crippen molar-refractivity contribution in [2.75, 3.05) is 30.3 Å². The summed E-state index contributed by atoms with van der Waals surface area (Å²) in [6, 6.07) is 17.5. The largest absolute Gasteiger partial charge is 0.381 e. The number of β-amino-alcohol motifs (C(OH)–C–C–N with tert-alkyl or cyclic N) is 1. The maximum Gasteiger partial charge on any atom is 0.227 e. The van der Waals surface area contributed by atoms with Crippen molar-refractivity contribution in [3.05, 3.63) is 84.4 Å². The zero-order valence-electron chi connectivity index (χ0n) is 21.8. The summed E-state index contributed by atoms with van der Waals surface area (Å²) in [6.07, 6.45) is 6.61. The molecule has 1 aliphatic heterocycles. The molecule has 0 saturated carbocycles. The SMILES string of the molecule is Cn1cc(-c2cc(-c3ccc(N4CCN(C(=O)Cc5ccccc5)C[C@@H]4O)nc3)c3c(C#N)c(N)nn3c2)cn1. The van der Waals surface area contributed by atoms with Gasteiger partial charge in [0.2, 0.25) is 5.91 Å². The summed E-state index contributed by atoms with van der Waals surface area (Å²) >= 11 is 0. The fourth-order valence-corrected chi connectivity index (χ4v) is 5.11. The van der Waals surface area contributed by atoms with Crippen LogP contribution >= 0.6 is 0 Å². The van der Waals surface area contributed by atoms with E-state index >= 15 is 0 Å². The maximum atomic E-state index is 12.8. The van der Waals surface area contributed by atoms with Crippen LogP contribution in [0.25, 0.3) is 27.8 Å². The molecule has 4 aromatic heterocycles. The number of aliphatic hydroxyl groups is 1. The Labute approximate surface area is 230 Å². The lowest BCUT2D eigenvalue weighted by atomic mass is 10.0. The van der Waals surface area contributed by atoms with E-state index < -0.39 is 6.23 Å². The first-order valence-corrected chi connectivity index (χ1v) is 12.8. The van der Waals surface area contributed by atoms with E-state index in [2.05, 4.69) is 21.3 Å². The Kier molecular flexibility index (Phi) is 6.37. The van der Waals surface area contributed by atoms with Gasteiger partial charge in [-0.1, -0.05) is 30.3 Å². The number of nitrogens with two attached hydrogens (primary N) is 1. The molecule has 1 saturated heterocycles. The first-order valence-electron chi connectivity index (χ1n) is 12.8. The molecule has 40 heavy (non-hydrogen) atoms. The fourth-order valence-electron chi connectivity index (χ4n) is 5.11. The number of carbonyl (C=O) groups excluding carboxylic acids is 1. The third kappa shape index (κ3) is 4.61. The highest BCUT2D eigenvalue weighted by Crippen LogP contribution is 2.34. The number of nitrogens with zero attached hydrogens (tertiary/aromatic N) is 8. The number of benzene rings is 1. The Hall–Kier alpha value is -5.21. The number of rotatable bonds is 5. The number of pyridine rings is 2. The van der Waals surface area contributed by atoms with Crippen molar-refractivity contribution in [3.63, 3.8) is 0 Å². The third-order valence-corrected chi connectivity index (χ3v) is 7.16. The highest BCUT2D eigenvalue weighted by molar-refractivity contribution is 5.90. The number of anilines is 2. The minimum absolute atomic E-state index is 0.0147. The van der Waals surface area contributed by atoms with E-state index in [0.717, 1.165) is 27.8 Å². The summed E-state index contributed by atoms with van der Waals surface area (Å²) < 4.78 is 3.34. The van der Waals surface area contributed by atoms with Crippen molar-refractivity contribution in [2.24, 2.45) is 7.05 Å².